The van der Waals surface area contributed by atoms with Crippen LogP contribution in [-0.4, -0.2) is 36.3 Å². The zero-order valence-electron chi connectivity index (χ0n) is 14.2. The molecule has 2 aliphatic heterocycles. The van der Waals surface area contributed by atoms with E-state index in [1.54, 1.807) is 0 Å². The van der Waals surface area contributed by atoms with Crippen molar-refractivity contribution >= 4 is 30.1 Å². The molecule has 1 aromatic carbocycles. The first-order chi connectivity index (χ1) is 12.1. The third-order valence-electron chi connectivity index (χ3n) is 5.64. The Hall–Kier alpha value is -1.69. The fraction of sp³-hybridized carbons (Fsp3) is 0.579. The zero-order chi connectivity index (χ0) is 17.4. The van der Waals surface area contributed by atoms with Crippen molar-refractivity contribution in [3.63, 3.8) is 0 Å². The van der Waals surface area contributed by atoms with E-state index in [1.165, 1.54) is 5.56 Å². The van der Waals surface area contributed by atoms with E-state index >= 15 is 0 Å². The lowest BCUT2D eigenvalue weighted by molar-refractivity contribution is -0.134. The van der Waals surface area contributed by atoms with Gasteiger partial charge in [-0.3, -0.25) is 14.9 Å². The van der Waals surface area contributed by atoms with Crippen LogP contribution in [0.25, 0.3) is 0 Å². The van der Waals surface area contributed by atoms with Gasteiger partial charge in [0.25, 0.3) is 0 Å². The van der Waals surface area contributed by atoms with E-state index < -0.39 is 0 Å². The summed E-state index contributed by atoms with van der Waals surface area (Å²) in [5.74, 6) is 1.07. The van der Waals surface area contributed by atoms with Crippen LogP contribution in [0, 0.1) is 0 Å². The highest BCUT2D eigenvalue weighted by Crippen LogP contribution is 2.44. The summed E-state index contributed by atoms with van der Waals surface area (Å²) < 4.78 is 6.05. The van der Waals surface area contributed by atoms with Crippen LogP contribution in [0.4, 0.5) is 5.69 Å². The van der Waals surface area contributed by atoms with Crippen LogP contribution < -0.4 is 15.0 Å². The van der Waals surface area contributed by atoms with Crippen LogP contribution in [0.3, 0.4) is 0 Å². The summed E-state index contributed by atoms with van der Waals surface area (Å²) in [6, 6.07) is 5.97. The van der Waals surface area contributed by atoms with Gasteiger partial charge >= 0.3 is 0 Å². The van der Waals surface area contributed by atoms with Crippen LogP contribution >= 0.6 is 12.6 Å². The Balaban J connectivity index is 1.63. The van der Waals surface area contributed by atoms with Crippen LogP contribution in [-0.2, 0) is 9.59 Å². The van der Waals surface area contributed by atoms with Gasteiger partial charge in [0.2, 0.25) is 11.8 Å². The number of imide groups is 1. The Kier molecular flexibility index (Phi) is 4.63. The number of hydrogen-bond donors (Lipinski definition) is 2. The number of thiol groups is 1. The third-order valence-corrected chi connectivity index (χ3v) is 6.15. The van der Waals surface area contributed by atoms with Crippen molar-refractivity contribution in [1.82, 2.24) is 5.32 Å². The Labute approximate surface area is 153 Å². The standard InChI is InChI=1S/C19H24N2O3S/c22-17-9-8-16(19(23)20-17)21-10-11-24-18-14(2-1-3-15(18)21)12-4-6-13(25)7-5-12/h1-3,12-13,16,25H,4-11H2,(H,20,22,23). The number of benzene rings is 1. The molecule has 2 fully saturated rings. The molecule has 2 amide bonds. The highest BCUT2D eigenvalue weighted by molar-refractivity contribution is 7.80. The maximum atomic E-state index is 12.3. The van der Waals surface area contributed by atoms with Crippen molar-refractivity contribution in [2.24, 2.45) is 0 Å². The number of para-hydroxylation sites is 1. The van der Waals surface area contributed by atoms with Gasteiger partial charge in [0.15, 0.2) is 0 Å². The third kappa shape index (κ3) is 3.24. The number of hydrogen-bond acceptors (Lipinski definition) is 5. The van der Waals surface area contributed by atoms with E-state index in [0.29, 0.717) is 37.2 Å². The average Bonchev–Trinajstić information content (AvgIpc) is 2.62. The molecule has 2 heterocycles. The first kappa shape index (κ1) is 16.8. The minimum atomic E-state index is -0.288. The van der Waals surface area contributed by atoms with Crippen molar-refractivity contribution < 1.29 is 14.3 Å². The van der Waals surface area contributed by atoms with Crippen molar-refractivity contribution in [3.8, 4) is 5.75 Å². The van der Waals surface area contributed by atoms with Crippen molar-refractivity contribution in [1.29, 1.82) is 0 Å². The van der Waals surface area contributed by atoms with Crippen LogP contribution in [0.1, 0.15) is 50.0 Å². The summed E-state index contributed by atoms with van der Waals surface area (Å²) in [5.41, 5.74) is 2.25. The lowest BCUT2D eigenvalue weighted by Crippen LogP contribution is -2.54. The van der Waals surface area contributed by atoms with E-state index in [0.717, 1.165) is 37.1 Å². The highest BCUT2D eigenvalue weighted by Gasteiger charge is 2.36. The molecule has 1 saturated carbocycles. The van der Waals surface area contributed by atoms with Gasteiger partial charge in [0, 0.05) is 11.7 Å². The summed E-state index contributed by atoms with van der Waals surface area (Å²) >= 11 is 4.60. The molecule has 1 aromatic rings. The molecule has 5 nitrogen and oxygen atoms in total. The molecule has 1 N–H and O–H groups in total. The van der Waals surface area contributed by atoms with Gasteiger partial charge in [0.1, 0.15) is 18.4 Å². The molecule has 1 aliphatic carbocycles. The lowest BCUT2D eigenvalue weighted by Gasteiger charge is -2.39. The zero-order valence-corrected chi connectivity index (χ0v) is 15.1. The molecule has 0 radical (unpaired) electrons. The number of nitrogens with zero attached hydrogens (tertiary/aromatic N) is 1. The Morgan fingerprint density at radius 3 is 2.68 bits per heavy atom. The summed E-state index contributed by atoms with van der Waals surface area (Å²) in [6.45, 7) is 1.25. The molecule has 1 saturated heterocycles. The smallest absolute Gasteiger partial charge is 0.249 e. The minimum Gasteiger partial charge on any atom is -0.489 e. The monoisotopic (exact) mass is 360 g/mol. The summed E-state index contributed by atoms with van der Waals surface area (Å²) in [7, 11) is 0. The molecular weight excluding hydrogens is 336 g/mol. The van der Waals surface area contributed by atoms with E-state index in [2.05, 4.69) is 35.0 Å². The SMILES string of the molecule is O=C1CCC(N2CCOc3c(C4CCC(S)CC4)cccc32)C(=O)N1. The molecule has 134 valence electrons. The van der Waals surface area contributed by atoms with Gasteiger partial charge in [-0.1, -0.05) is 12.1 Å². The molecule has 0 spiro atoms. The molecule has 6 heteroatoms. The maximum Gasteiger partial charge on any atom is 0.249 e. The van der Waals surface area contributed by atoms with Gasteiger partial charge < -0.3 is 9.64 Å². The van der Waals surface area contributed by atoms with E-state index in [4.69, 9.17) is 4.74 Å². The minimum absolute atomic E-state index is 0.174. The van der Waals surface area contributed by atoms with Crippen molar-refractivity contribution in [2.75, 3.05) is 18.1 Å². The van der Waals surface area contributed by atoms with E-state index in [1.807, 2.05) is 6.07 Å². The second-order valence-corrected chi connectivity index (χ2v) is 7.94. The largest absolute Gasteiger partial charge is 0.489 e. The number of ether oxygens (including phenoxy) is 1. The number of fused-ring (bicyclic) bond motifs is 1. The summed E-state index contributed by atoms with van der Waals surface area (Å²) in [6.07, 6.45) is 5.50. The Bertz CT molecular complexity index is 685. The first-order valence-corrected chi connectivity index (χ1v) is 9.69. The number of nitrogens with one attached hydrogen (secondary N) is 1. The topological polar surface area (TPSA) is 58.6 Å². The maximum absolute atomic E-state index is 12.3. The highest BCUT2D eigenvalue weighted by atomic mass is 32.1. The van der Waals surface area contributed by atoms with E-state index in [9.17, 15) is 9.59 Å². The van der Waals surface area contributed by atoms with Crippen LogP contribution in [0.5, 0.6) is 5.75 Å². The Morgan fingerprint density at radius 2 is 1.92 bits per heavy atom. The fourth-order valence-corrected chi connectivity index (χ4v) is 4.60. The first-order valence-electron chi connectivity index (χ1n) is 9.17. The number of carbonyl (C=O) groups is 2. The fourth-order valence-electron chi connectivity index (χ4n) is 4.30. The molecule has 25 heavy (non-hydrogen) atoms. The van der Waals surface area contributed by atoms with Gasteiger partial charge in [-0.05, 0) is 49.7 Å². The van der Waals surface area contributed by atoms with Crippen molar-refractivity contribution in [2.45, 2.75) is 55.7 Å². The van der Waals surface area contributed by atoms with Crippen LogP contribution in [0.2, 0.25) is 0 Å². The molecule has 0 aromatic heterocycles. The van der Waals surface area contributed by atoms with Gasteiger partial charge in [-0.15, -0.1) is 0 Å². The number of piperidine rings is 1. The normalized spacial score (nSPS) is 29.6. The molecule has 0 bridgehead atoms. The lowest BCUT2D eigenvalue weighted by atomic mass is 9.83. The van der Waals surface area contributed by atoms with Gasteiger partial charge in [-0.2, -0.15) is 12.6 Å². The number of carbonyl (C=O) groups excluding carboxylic acids is 2. The second-order valence-electron chi connectivity index (χ2n) is 7.21. The second kappa shape index (κ2) is 6.90. The summed E-state index contributed by atoms with van der Waals surface area (Å²) in [4.78, 5) is 25.9. The van der Waals surface area contributed by atoms with E-state index in [-0.39, 0.29) is 17.9 Å². The van der Waals surface area contributed by atoms with Gasteiger partial charge in [0.05, 0.1) is 12.2 Å². The molecular formula is C19H24N2O3S. The summed E-state index contributed by atoms with van der Waals surface area (Å²) in [5, 5.41) is 2.98. The number of anilines is 1. The molecule has 1 unspecified atom stereocenters. The quantitative estimate of drug-likeness (QED) is 0.629. The average molecular weight is 360 g/mol. The number of rotatable bonds is 2. The molecule has 3 aliphatic rings. The van der Waals surface area contributed by atoms with Crippen molar-refractivity contribution in [3.05, 3.63) is 23.8 Å². The number of amides is 2. The van der Waals surface area contributed by atoms with Gasteiger partial charge in [-0.25, -0.2) is 0 Å². The molecule has 1 atom stereocenters. The predicted octanol–water partition coefficient (Wildman–Crippen LogP) is 2.65. The predicted molar refractivity (Wildman–Crippen MR) is 99.4 cm³/mol. The molecule has 4 rings (SSSR count). The van der Waals surface area contributed by atoms with Crippen LogP contribution in [0.15, 0.2) is 18.2 Å². The Morgan fingerprint density at radius 1 is 1.12 bits per heavy atom.